The van der Waals surface area contributed by atoms with Gasteiger partial charge in [0.25, 0.3) is 0 Å². The third-order valence-electron chi connectivity index (χ3n) is 5.08. The van der Waals surface area contributed by atoms with Crippen molar-refractivity contribution in [3.8, 4) is 5.75 Å². The molecule has 1 aliphatic rings. The van der Waals surface area contributed by atoms with Crippen molar-refractivity contribution in [1.82, 2.24) is 10.3 Å². The Hall–Kier alpha value is -3.29. The highest BCUT2D eigenvalue weighted by Crippen LogP contribution is 2.43. The van der Waals surface area contributed by atoms with E-state index < -0.39 is 0 Å². The number of benzene rings is 2. The summed E-state index contributed by atoms with van der Waals surface area (Å²) in [7, 11) is 0. The standard InChI is InChI=1S/C24H19N3O2S2/c28-17-11-9-16(10-12-17)27-23(22(26-24(27)30)19-8-4-5-15-25-19)20-13-14-21(29-20)31-18-6-2-1-3-7-18/h1-15,22-23,28H,(H,26,30). The molecule has 0 bridgehead atoms. The van der Waals surface area contributed by atoms with Crippen LogP contribution >= 0.6 is 24.0 Å². The van der Waals surface area contributed by atoms with Gasteiger partial charge < -0.3 is 19.7 Å². The zero-order valence-corrected chi connectivity index (χ0v) is 18.0. The van der Waals surface area contributed by atoms with E-state index in [1.165, 1.54) is 0 Å². The first-order valence-corrected chi connectivity index (χ1v) is 11.0. The van der Waals surface area contributed by atoms with Crippen LogP contribution in [0.3, 0.4) is 0 Å². The van der Waals surface area contributed by atoms with Gasteiger partial charge in [0, 0.05) is 16.8 Å². The fourth-order valence-electron chi connectivity index (χ4n) is 3.69. The highest BCUT2D eigenvalue weighted by atomic mass is 32.2. The van der Waals surface area contributed by atoms with E-state index in [0.717, 1.165) is 27.1 Å². The lowest BCUT2D eigenvalue weighted by Gasteiger charge is -2.26. The molecule has 0 saturated carbocycles. The Morgan fingerprint density at radius 2 is 1.71 bits per heavy atom. The van der Waals surface area contributed by atoms with Gasteiger partial charge in [0.1, 0.15) is 17.6 Å². The van der Waals surface area contributed by atoms with Crippen molar-refractivity contribution in [2.75, 3.05) is 4.90 Å². The highest BCUT2D eigenvalue weighted by molar-refractivity contribution is 7.99. The second-order valence-electron chi connectivity index (χ2n) is 7.08. The number of hydrogen-bond donors (Lipinski definition) is 2. The van der Waals surface area contributed by atoms with Crippen LogP contribution in [-0.2, 0) is 0 Å². The maximum atomic E-state index is 9.72. The molecule has 31 heavy (non-hydrogen) atoms. The van der Waals surface area contributed by atoms with Crippen molar-refractivity contribution in [2.45, 2.75) is 22.1 Å². The van der Waals surface area contributed by atoms with E-state index in [2.05, 4.69) is 22.4 Å². The average molecular weight is 446 g/mol. The largest absolute Gasteiger partial charge is 0.508 e. The van der Waals surface area contributed by atoms with E-state index in [1.54, 1.807) is 30.1 Å². The fraction of sp³-hybridized carbons (Fsp3) is 0.0833. The molecule has 2 aromatic heterocycles. The third-order valence-corrected chi connectivity index (χ3v) is 6.32. The molecule has 2 unspecified atom stereocenters. The van der Waals surface area contributed by atoms with Crippen LogP contribution in [0.2, 0.25) is 0 Å². The molecule has 1 fully saturated rings. The molecule has 2 aromatic carbocycles. The number of anilines is 1. The lowest BCUT2D eigenvalue weighted by molar-refractivity contribution is 0.383. The van der Waals surface area contributed by atoms with Crippen molar-refractivity contribution < 1.29 is 9.52 Å². The number of nitrogens with one attached hydrogen (secondary N) is 1. The summed E-state index contributed by atoms with van der Waals surface area (Å²) in [6.07, 6.45) is 1.78. The fourth-order valence-corrected chi connectivity index (χ4v) is 4.83. The quantitative estimate of drug-likeness (QED) is 0.382. The van der Waals surface area contributed by atoms with Crippen molar-refractivity contribution in [3.05, 3.63) is 103 Å². The van der Waals surface area contributed by atoms with Crippen LogP contribution in [-0.4, -0.2) is 15.2 Å². The summed E-state index contributed by atoms with van der Waals surface area (Å²) in [5, 5.41) is 14.5. The number of thiocarbonyl (C=S) groups is 1. The SMILES string of the molecule is Oc1ccc(N2C(=S)NC(c3ccccn3)C2c2ccc(Sc3ccccc3)o2)cc1. The van der Waals surface area contributed by atoms with Gasteiger partial charge in [0.05, 0.1) is 11.7 Å². The lowest BCUT2D eigenvalue weighted by Crippen LogP contribution is -2.29. The molecule has 0 amide bonds. The second kappa shape index (κ2) is 8.45. The Labute approximate surface area is 189 Å². The van der Waals surface area contributed by atoms with Gasteiger partial charge in [0.2, 0.25) is 0 Å². The van der Waals surface area contributed by atoms with Gasteiger partial charge >= 0.3 is 0 Å². The van der Waals surface area contributed by atoms with Gasteiger partial charge in [-0.1, -0.05) is 36.0 Å². The summed E-state index contributed by atoms with van der Waals surface area (Å²) >= 11 is 7.28. The number of hydrogen-bond acceptors (Lipinski definition) is 5. The number of aromatic nitrogens is 1. The van der Waals surface area contributed by atoms with E-state index >= 15 is 0 Å². The Balaban J connectivity index is 1.53. The smallest absolute Gasteiger partial charge is 0.174 e. The van der Waals surface area contributed by atoms with Gasteiger partial charge in [-0.2, -0.15) is 0 Å². The molecule has 5 nitrogen and oxygen atoms in total. The highest BCUT2D eigenvalue weighted by Gasteiger charge is 2.42. The minimum atomic E-state index is -0.225. The zero-order valence-electron chi connectivity index (χ0n) is 16.4. The molecule has 5 rings (SSSR count). The van der Waals surface area contributed by atoms with Gasteiger partial charge in [-0.3, -0.25) is 4.98 Å². The molecule has 4 aromatic rings. The van der Waals surface area contributed by atoms with Gasteiger partial charge in [-0.15, -0.1) is 0 Å². The minimum Gasteiger partial charge on any atom is -0.508 e. The van der Waals surface area contributed by atoms with Crippen LogP contribution in [0, 0.1) is 0 Å². The number of phenols is 1. The number of phenolic OH excluding ortho intramolecular Hbond substituents is 1. The van der Waals surface area contributed by atoms with Crippen LogP contribution in [0.1, 0.15) is 23.5 Å². The molecule has 3 heterocycles. The van der Waals surface area contributed by atoms with Crippen LogP contribution in [0.4, 0.5) is 5.69 Å². The summed E-state index contributed by atoms with van der Waals surface area (Å²) in [5.41, 5.74) is 1.75. The van der Waals surface area contributed by atoms with Crippen LogP contribution in [0.5, 0.6) is 5.75 Å². The van der Waals surface area contributed by atoms with E-state index in [0.29, 0.717) is 5.11 Å². The molecule has 0 spiro atoms. The molecule has 2 atom stereocenters. The zero-order chi connectivity index (χ0) is 21.2. The monoisotopic (exact) mass is 445 g/mol. The molecule has 7 heteroatoms. The van der Waals surface area contributed by atoms with E-state index in [9.17, 15) is 5.11 Å². The molecular weight excluding hydrogens is 426 g/mol. The van der Waals surface area contributed by atoms with E-state index in [-0.39, 0.29) is 17.8 Å². The minimum absolute atomic E-state index is 0.178. The molecule has 2 N–H and O–H groups in total. The van der Waals surface area contributed by atoms with Crippen molar-refractivity contribution in [3.63, 3.8) is 0 Å². The summed E-state index contributed by atoms with van der Waals surface area (Å²) in [6.45, 7) is 0. The first kappa shape index (κ1) is 19.7. The Morgan fingerprint density at radius 3 is 2.45 bits per heavy atom. The molecule has 1 aliphatic heterocycles. The second-order valence-corrected chi connectivity index (χ2v) is 8.55. The lowest BCUT2D eigenvalue weighted by atomic mass is 10.0. The number of furan rings is 1. The van der Waals surface area contributed by atoms with E-state index in [1.807, 2.05) is 65.6 Å². The Morgan fingerprint density at radius 1 is 0.935 bits per heavy atom. The molecule has 0 radical (unpaired) electrons. The predicted octanol–water partition coefficient (Wildman–Crippen LogP) is 5.71. The van der Waals surface area contributed by atoms with Gasteiger partial charge in [0.15, 0.2) is 10.2 Å². The van der Waals surface area contributed by atoms with Gasteiger partial charge in [-0.25, -0.2) is 0 Å². The van der Waals surface area contributed by atoms with Gasteiger partial charge in [-0.05, 0) is 72.9 Å². The summed E-state index contributed by atoms with van der Waals surface area (Å²) in [4.78, 5) is 7.68. The number of rotatable bonds is 5. The normalized spacial score (nSPS) is 18.2. The van der Waals surface area contributed by atoms with Crippen LogP contribution < -0.4 is 10.2 Å². The summed E-state index contributed by atoms with van der Waals surface area (Å²) < 4.78 is 6.29. The maximum Gasteiger partial charge on any atom is 0.174 e. The Kier molecular flexibility index (Phi) is 5.36. The maximum absolute atomic E-state index is 9.72. The molecule has 0 aliphatic carbocycles. The van der Waals surface area contributed by atoms with E-state index in [4.69, 9.17) is 16.6 Å². The number of pyridine rings is 1. The molecule has 1 saturated heterocycles. The average Bonchev–Trinajstić information content (AvgIpc) is 3.40. The first-order chi connectivity index (χ1) is 15.2. The van der Waals surface area contributed by atoms with Crippen molar-refractivity contribution in [1.29, 1.82) is 0 Å². The van der Waals surface area contributed by atoms with Crippen molar-refractivity contribution in [2.24, 2.45) is 0 Å². The van der Waals surface area contributed by atoms with Crippen LogP contribution in [0.15, 0.2) is 106 Å². The van der Waals surface area contributed by atoms with Crippen LogP contribution in [0.25, 0.3) is 0 Å². The first-order valence-electron chi connectivity index (χ1n) is 9.81. The predicted molar refractivity (Wildman–Crippen MR) is 125 cm³/mol. The number of aromatic hydroxyl groups is 1. The molecular formula is C24H19N3O2S2. The number of nitrogens with zero attached hydrogens (tertiary/aromatic N) is 2. The summed E-state index contributed by atoms with van der Waals surface area (Å²) in [6, 6.07) is 26.5. The summed E-state index contributed by atoms with van der Waals surface area (Å²) in [5.74, 6) is 0.994. The third kappa shape index (κ3) is 4.02. The Bertz CT molecular complexity index is 1180. The topological polar surface area (TPSA) is 61.5 Å². The van der Waals surface area contributed by atoms with Crippen molar-refractivity contribution >= 4 is 34.8 Å². The molecule has 154 valence electrons.